The van der Waals surface area contributed by atoms with E-state index in [-0.39, 0.29) is 16.9 Å². The van der Waals surface area contributed by atoms with Crippen molar-refractivity contribution in [2.75, 3.05) is 5.32 Å². The Morgan fingerprint density at radius 3 is 2.47 bits per heavy atom. The van der Waals surface area contributed by atoms with E-state index < -0.39 is 0 Å². The van der Waals surface area contributed by atoms with Crippen LogP contribution in [0.5, 0.6) is 0 Å². The first-order valence-electron chi connectivity index (χ1n) is 4.61. The number of hydrogen-bond acceptors (Lipinski definition) is 2. The van der Waals surface area contributed by atoms with Crippen LogP contribution in [0.3, 0.4) is 0 Å². The zero-order valence-electron chi connectivity index (χ0n) is 8.65. The number of amides is 1. The lowest BCUT2D eigenvalue weighted by Crippen LogP contribution is -2.11. The molecule has 0 saturated heterocycles. The summed E-state index contributed by atoms with van der Waals surface area (Å²) >= 11 is 3.79. The van der Waals surface area contributed by atoms with E-state index >= 15 is 0 Å². The van der Waals surface area contributed by atoms with Gasteiger partial charge in [-0.1, -0.05) is 25.1 Å². The smallest absolute Gasteiger partial charge is 0.221 e. The Kier molecular flexibility index (Phi) is 3.91. The Labute approximate surface area is 94.3 Å². The quantitative estimate of drug-likeness (QED) is 0.772. The standard InChI is InChI=1S/C11H13NO2S/c1-7(11(14)15)9-5-3-4-6-10(9)12-8(2)13/h3-7H,1-2H3,(H,12,13)(H,14,15). The van der Waals surface area contributed by atoms with Crippen molar-refractivity contribution in [3.63, 3.8) is 0 Å². The lowest BCUT2D eigenvalue weighted by Gasteiger charge is -2.13. The Morgan fingerprint density at radius 2 is 1.93 bits per heavy atom. The number of thiol groups is 1. The summed E-state index contributed by atoms with van der Waals surface area (Å²) in [5, 5.41) is 2.47. The van der Waals surface area contributed by atoms with Crippen LogP contribution < -0.4 is 5.32 Å². The number of carbonyl (C=O) groups is 2. The van der Waals surface area contributed by atoms with Crippen LogP contribution in [-0.4, -0.2) is 11.0 Å². The Hall–Kier alpha value is -1.29. The van der Waals surface area contributed by atoms with Gasteiger partial charge in [-0.25, -0.2) is 0 Å². The summed E-state index contributed by atoms with van der Waals surface area (Å²) in [4.78, 5) is 22.1. The predicted octanol–water partition coefficient (Wildman–Crippen LogP) is 2.20. The minimum atomic E-state index is -0.323. The van der Waals surface area contributed by atoms with Gasteiger partial charge in [-0.3, -0.25) is 9.59 Å². The van der Waals surface area contributed by atoms with Crippen LogP contribution in [-0.2, 0) is 9.59 Å². The minimum absolute atomic E-state index is 0.152. The second-order valence-corrected chi connectivity index (χ2v) is 3.77. The molecule has 3 nitrogen and oxygen atoms in total. The van der Waals surface area contributed by atoms with E-state index in [4.69, 9.17) is 0 Å². The molecule has 0 aliphatic carbocycles. The lowest BCUT2D eigenvalue weighted by molar-refractivity contribution is -0.114. The number of para-hydroxylation sites is 1. The molecule has 0 saturated carbocycles. The Morgan fingerprint density at radius 1 is 1.33 bits per heavy atom. The van der Waals surface area contributed by atoms with Gasteiger partial charge < -0.3 is 5.32 Å². The molecule has 0 fully saturated rings. The van der Waals surface area contributed by atoms with Crippen LogP contribution in [0, 0.1) is 0 Å². The molecular formula is C11H13NO2S. The summed E-state index contributed by atoms with van der Waals surface area (Å²) in [5.41, 5.74) is 1.45. The van der Waals surface area contributed by atoms with Crippen molar-refractivity contribution in [1.29, 1.82) is 0 Å². The molecule has 0 aliphatic rings. The molecule has 1 amide bonds. The van der Waals surface area contributed by atoms with Crippen molar-refractivity contribution in [1.82, 2.24) is 0 Å². The monoisotopic (exact) mass is 223 g/mol. The fourth-order valence-corrected chi connectivity index (χ4v) is 1.45. The first kappa shape index (κ1) is 11.8. The number of benzene rings is 1. The van der Waals surface area contributed by atoms with Gasteiger partial charge in [0.1, 0.15) is 0 Å². The topological polar surface area (TPSA) is 46.2 Å². The highest BCUT2D eigenvalue weighted by atomic mass is 32.1. The fraction of sp³-hybridized carbons (Fsp3) is 0.273. The van der Waals surface area contributed by atoms with Crippen molar-refractivity contribution in [2.24, 2.45) is 0 Å². The van der Waals surface area contributed by atoms with Crippen LogP contribution in [0.4, 0.5) is 5.69 Å². The zero-order chi connectivity index (χ0) is 11.4. The second-order valence-electron chi connectivity index (χ2n) is 3.33. The molecule has 1 rings (SSSR count). The number of hydrogen-bond donors (Lipinski definition) is 2. The molecule has 1 atom stereocenters. The Bertz CT molecular complexity index is 390. The van der Waals surface area contributed by atoms with Crippen molar-refractivity contribution in [3.05, 3.63) is 29.8 Å². The van der Waals surface area contributed by atoms with E-state index in [0.717, 1.165) is 5.56 Å². The molecule has 1 aromatic carbocycles. The van der Waals surface area contributed by atoms with Gasteiger partial charge in [0.2, 0.25) is 5.91 Å². The van der Waals surface area contributed by atoms with Crippen LogP contribution in [0.1, 0.15) is 25.3 Å². The molecule has 4 heteroatoms. The summed E-state index contributed by atoms with van der Waals surface area (Å²) in [6.45, 7) is 3.19. The highest BCUT2D eigenvalue weighted by molar-refractivity contribution is 7.96. The normalized spacial score (nSPS) is 11.9. The van der Waals surface area contributed by atoms with E-state index in [0.29, 0.717) is 5.69 Å². The third-order valence-electron chi connectivity index (χ3n) is 2.11. The first-order chi connectivity index (χ1) is 7.02. The summed E-state index contributed by atoms with van der Waals surface area (Å²) in [5.74, 6) is -0.474. The van der Waals surface area contributed by atoms with Crippen molar-refractivity contribution >= 4 is 29.3 Å². The first-order valence-corrected chi connectivity index (χ1v) is 5.06. The van der Waals surface area contributed by atoms with Crippen LogP contribution in [0.25, 0.3) is 0 Å². The largest absolute Gasteiger partial charge is 0.326 e. The van der Waals surface area contributed by atoms with Crippen molar-refractivity contribution in [2.45, 2.75) is 19.8 Å². The van der Waals surface area contributed by atoms with Crippen LogP contribution >= 0.6 is 12.6 Å². The Balaban J connectivity index is 3.05. The zero-order valence-corrected chi connectivity index (χ0v) is 9.54. The van der Waals surface area contributed by atoms with Gasteiger partial charge in [-0.15, -0.1) is 12.6 Å². The van der Waals surface area contributed by atoms with Gasteiger partial charge in [0, 0.05) is 12.6 Å². The average molecular weight is 223 g/mol. The third kappa shape index (κ3) is 3.09. The molecule has 0 aliphatic heterocycles. The molecule has 1 aromatic rings. The van der Waals surface area contributed by atoms with Gasteiger partial charge in [0.15, 0.2) is 5.12 Å². The minimum Gasteiger partial charge on any atom is -0.326 e. The van der Waals surface area contributed by atoms with E-state index in [1.807, 2.05) is 18.2 Å². The van der Waals surface area contributed by atoms with Crippen molar-refractivity contribution < 1.29 is 9.59 Å². The number of rotatable bonds is 3. The van der Waals surface area contributed by atoms with Gasteiger partial charge in [-0.05, 0) is 11.6 Å². The van der Waals surface area contributed by atoms with E-state index in [2.05, 4.69) is 17.9 Å². The average Bonchev–Trinajstić information content (AvgIpc) is 2.16. The fourth-order valence-electron chi connectivity index (χ4n) is 1.31. The summed E-state index contributed by atoms with van der Waals surface area (Å²) in [6, 6.07) is 7.21. The van der Waals surface area contributed by atoms with E-state index in [1.54, 1.807) is 13.0 Å². The van der Waals surface area contributed by atoms with Crippen LogP contribution in [0.15, 0.2) is 24.3 Å². The molecule has 1 N–H and O–H groups in total. The summed E-state index contributed by atoms with van der Waals surface area (Å²) in [6.07, 6.45) is 0. The highest BCUT2D eigenvalue weighted by Crippen LogP contribution is 2.25. The predicted molar refractivity (Wildman–Crippen MR) is 63.2 cm³/mol. The van der Waals surface area contributed by atoms with Crippen LogP contribution in [0.2, 0.25) is 0 Å². The second kappa shape index (κ2) is 4.98. The maximum Gasteiger partial charge on any atom is 0.221 e. The molecule has 0 spiro atoms. The molecule has 1 unspecified atom stereocenters. The molecule has 15 heavy (non-hydrogen) atoms. The van der Waals surface area contributed by atoms with Crippen molar-refractivity contribution in [3.8, 4) is 0 Å². The number of carbonyl (C=O) groups excluding carboxylic acids is 2. The molecular weight excluding hydrogens is 210 g/mol. The summed E-state index contributed by atoms with van der Waals surface area (Å²) in [7, 11) is 0. The SMILES string of the molecule is CC(=O)Nc1ccccc1C(C)C(=O)S. The molecule has 0 aromatic heterocycles. The maximum absolute atomic E-state index is 11.1. The van der Waals surface area contributed by atoms with Gasteiger partial charge in [-0.2, -0.15) is 0 Å². The third-order valence-corrected chi connectivity index (χ3v) is 2.50. The van der Waals surface area contributed by atoms with E-state index in [9.17, 15) is 9.59 Å². The molecule has 0 bridgehead atoms. The van der Waals surface area contributed by atoms with Gasteiger partial charge in [0.05, 0.1) is 5.92 Å². The van der Waals surface area contributed by atoms with E-state index in [1.165, 1.54) is 6.92 Å². The number of nitrogens with one attached hydrogen (secondary N) is 1. The van der Waals surface area contributed by atoms with Gasteiger partial charge >= 0.3 is 0 Å². The summed E-state index contributed by atoms with van der Waals surface area (Å²) < 4.78 is 0. The molecule has 0 heterocycles. The molecule has 0 radical (unpaired) electrons. The van der Waals surface area contributed by atoms with Gasteiger partial charge in [0.25, 0.3) is 0 Å². The number of anilines is 1. The lowest BCUT2D eigenvalue weighted by atomic mass is 10.0. The highest BCUT2D eigenvalue weighted by Gasteiger charge is 2.15. The maximum atomic E-state index is 11.1. The molecule has 80 valence electrons.